The minimum atomic E-state index is -0.0443. The van der Waals surface area contributed by atoms with E-state index in [0.29, 0.717) is 12.2 Å². The number of phenolic OH excluding ortho intramolecular Hbond substituents is 1. The highest BCUT2D eigenvalue weighted by Gasteiger charge is 2.01. The molecule has 15 heavy (non-hydrogen) atoms. The first-order valence-electron chi connectivity index (χ1n) is 4.55. The lowest BCUT2D eigenvalue weighted by molar-refractivity contribution is -0.118. The van der Waals surface area contributed by atoms with Gasteiger partial charge < -0.3 is 16.2 Å². The van der Waals surface area contributed by atoms with Gasteiger partial charge in [-0.05, 0) is 12.1 Å². The molecule has 82 valence electrons. The zero-order valence-electron chi connectivity index (χ0n) is 8.49. The highest BCUT2D eigenvalue weighted by atomic mass is 32.2. The van der Waals surface area contributed by atoms with E-state index in [1.165, 1.54) is 24.8 Å². The third-order valence-corrected chi connectivity index (χ3v) is 2.78. The Kier molecular flexibility index (Phi) is 4.30. The highest BCUT2D eigenvalue weighted by Crippen LogP contribution is 2.29. The number of hydrogen-bond acceptors (Lipinski definition) is 4. The van der Waals surface area contributed by atoms with Gasteiger partial charge in [0.25, 0.3) is 0 Å². The van der Waals surface area contributed by atoms with E-state index >= 15 is 0 Å². The first-order chi connectivity index (χ1) is 7.09. The third kappa shape index (κ3) is 4.12. The zero-order valence-corrected chi connectivity index (χ0v) is 9.30. The summed E-state index contributed by atoms with van der Waals surface area (Å²) in [4.78, 5) is 11.4. The molecule has 1 aromatic rings. The molecular formula is C10H14N2O2S. The van der Waals surface area contributed by atoms with Crippen molar-refractivity contribution < 1.29 is 9.90 Å². The van der Waals surface area contributed by atoms with E-state index in [0.717, 1.165) is 10.6 Å². The van der Waals surface area contributed by atoms with Crippen molar-refractivity contribution in [2.45, 2.75) is 11.8 Å². The Bertz CT molecular complexity index is 355. The van der Waals surface area contributed by atoms with Crippen LogP contribution in [0.3, 0.4) is 0 Å². The summed E-state index contributed by atoms with van der Waals surface area (Å²) in [5, 5.41) is 12.2. The number of carbonyl (C=O) groups excluding carboxylic acids is 1. The summed E-state index contributed by atoms with van der Waals surface area (Å²) in [6, 6.07) is 5.02. The second-order valence-electron chi connectivity index (χ2n) is 3.06. The standard InChI is InChI=1S/C10H14N2O2S/c1-7(13)12-4-5-15-10-3-2-8(11)6-9(10)14/h2-3,6,14H,4-5,11H2,1H3,(H,12,13). The van der Waals surface area contributed by atoms with Crippen LogP contribution >= 0.6 is 11.8 Å². The van der Waals surface area contributed by atoms with Crippen molar-refractivity contribution >= 4 is 23.4 Å². The lowest BCUT2D eigenvalue weighted by Crippen LogP contribution is -2.22. The number of phenols is 1. The molecule has 4 N–H and O–H groups in total. The van der Waals surface area contributed by atoms with E-state index in [9.17, 15) is 9.90 Å². The Morgan fingerprint density at radius 2 is 2.33 bits per heavy atom. The topological polar surface area (TPSA) is 75.4 Å². The average Bonchev–Trinajstić information content (AvgIpc) is 2.14. The van der Waals surface area contributed by atoms with Gasteiger partial charge in [-0.15, -0.1) is 11.8 Å². The first kappa shape index (κ1) is 11.7. The molecule has 0 atom stereocenters. The number of thioether (sulfide) groups is 1. The van der Waals surface area contributed by atoms with Crippen LogP contribution in [0.25, 0.3) is 0 Å². The predicted molar refractivity (Wildman–Crippen MR) is 61.9 cm³/mol. The van der Waals surface area contributed by atoms with Crippen LogP contribution in [0.1, 0.15) is 6.92 Å². The van der Waals surface area contributed by atoms with Crippen LogP contribution in [-0.4, -0.2) is 23.3 Å². The average molecular weight is 226 g/mol. The Balaban J connectivity index is 2.40. The van der Waals surface area contributed by atoms with Gasteiger partial charge in [-0.1, -0.05) is 0 Å². The van der Waals surface area contributed by atoms with E-state index in [4.69, 9.17) is 5.73 Å². The predicted octanol–water partition coefficient (Wildman–Crippen LogP) is 1.20. The maximum atomic E-state index is 10.6. The van der Waals surface area contributed by atoms with Crippen molar-refractivity contribution in [3.63, 3.8) is 0 Å². The molecule has 1 aromatic carbocycles. The van der Waals surface area contributed by atoms with E-state index in [1.54, 1.807) is 12.1 Å². The monoisotopic (exact) mass is 226 g/mol. The molecule has 1 rings (SSSR count). The maximum Gasteiger partial charge on any atom is 0.216 e. The largest absolute Gasteiger partial charge is 0.507 e. The molecule has 0 saturated carbocycles. The molecule has 0 radical (unpaired) electrons. The van der Waals surface area contributed by atoms with Crippen molar-refractivity contribution in [3.8, 4) is 5.75 Å². The van der Waals surface area contributed by atoms with Crippen molar-refractivity contribution in [2.24, 2.45) is 0 Å². The van der Waals surface area contributed by atoms with Crippen LogP contribution in [0, 0.1) is 0 Å². The summed E-state index contributed by atoms with van der Waals surface area (Å²) in [6.45, 7) is 2.06. The maximum absolute atomic E-state index is 10.6. The number of nitrogens with one attached hydrogen (secondary N) is 1. The number of nitrogens with two attached hydrogens (primary N) is 1. The van der Waals surface area contributed by atoms with Crippen molar-refractivity contribution in [1.29, 1.82) is 0 Å². The first-order valence-corrected chi connectivity index (χ1v) is 5.54. The Morgan fingerprint density at radius 3 is 2.93 bits per heavy atom. The molecule has 0 unspecified atom stereocenters. The van der Waals surface area contributed by atoms with Crippen LogP contribution in [0.2, 0.25) is 0 Å². The summed E-state index contributed by atoms with van der Waals surface area (Å²) < 4.78 is 0. The molecule has 4 nitrogen and oxygen atoms in total. The molecule has 0 aliphatic carbocycles. The highest BCUT2D eigenvalue weighted by molar-refractivity contribution is 7.99. The summed E-state index contributed by atoms with van der Waals surface area (Å²) in [6.07, 6.45) is 0. The Labute approximate surface area is 92.9 Å². The molecule has 0 saturated heterocycles. The Hall–Kier alpha value is -1.36. The van der Waals surface area contributed by atoms with E-state index in [-0.39, 0.29) is 11.7 Å². The van der Waals surface area contributed by atoms with Gasteiger partial charge in [0, 0.05) is 35.9 Å². The molecule has 0 heterocycles. The smallest absolute Gasteiger partial charge is 0.216 e. The van der Waals surface area contributed by atoms with Crippen LogP contribution in [0.15, 0.2) is 23.1 Å². The quantitative estimate of drug-likeness (QED) is 0.410. The third-order valence-electron chi connectivity index (χ3n) is 1.72. The van der Waals surface area contributed by atoms with Gasteiger partial charge in [-0.25, -0.2) is 0 Å². The second-order valence-corrected chi connectivity index (χ2v) is 4.20. The fourth-order valence-electron chi connectivity index (χ4n) is 1.04. The van der Waals surface area contributed by atoms with Crippen molar-refractivity contribution in [2.75, 3.05) is 18.0 Å². The number of carbonyl (C=O) groups is 1. The van der Waals surface area contributed by atoms with Gasteiger partial charge in [-0.3, -0.25) is 4.79 Å². The van der Waals surface area contributed by atoms with Gasteiger partial charge in [0.1, 0.15) is 5.75 Å². The van der Waals surface area contributed by atoms with E-state index < -0.39 is 0 Å². The molecule has 0 fully saturated rings. The lowest BCUT2D eigenvalue weighted by Gasteiger charge is -2.05. The fraction of sp³-hybridized carbons (Fsp3) is 0.300. The lowest BCUT2D eigenvalue weighted by atomic mass is 10.3. The molecule has 5 heteroatoms. The normalized spacial score (nSPS) is 9.93. The minimum Gasteiger partial charge on any atom is -0.507 e. The summed E-state index contributed by atoms with van der Waals surface area (Å²) in [7, 11) is 0. The number of rotatable bonds is 4. The molecule has 0 aromatic heterocycles. The van der Waals surface area contributed by atoms with Crippen molar-refractivity contribution in [1.82, 2.24) is 5.32 Å². The number of anilines is 1. The minimum absolute atomic E-state index is 0.0443. The van der Waals surface area contributed by atoms with Gasteiger partial charge in [-0.2, -0.15) is 0 Å². The fourth-order valence-corrected chi connectivity index (χ4v) is 1.84. The molecule has 1 amide bonds. The van der Waals surface area contributed by atoms with E-state index in [1.807, 2.05) is 0 Å². The summed E-state index contributed by atoms with van der Waals surface area (Å²) in [5.41, 5.74) is 6.04. The molecular weight excluding hydrogens is 212 g/mol. The Morgan fingerprint density at radius 1 is 1.60 bits per heavy atom. The summed E-state index contributed by atoms with van der Waals surface area (Å²) in [5.74, 6) is 0.858. The zero-order chi connectivity index (χ0) is 11.3. The van der Waals surface area contributed by atoms with Crippen LogP contribution in [-0.2, 0) is 4.79 Å². The molecule has 0 aliphatic rings. The van der Waals surface area contributed by atoms with Crippen LogP contribution < -0.4 is 11.1 Å². The van der Waals surface area contributed by atoms with Gasteiger partial charge >= 0.3 is 0 Å². The van der Waals surface area contributed by atoms with Gasteiger partial charge in [0.05, 0.1) is 0 Å². The van der Waals surface area contributed by atoms with Crippen molar-refractivity contribution in [3.05, 3.63) is 18.2 Å². The van der Waals surface area contributed by atoms with E-state index in [2.05, 4.69) is 5.32 Å². The second kappa shape index (κ2) is 5.50. The molecule has 0 bridgehead atoms. The van der Waals surface area contributed by atoms with Gasteiger partial charge in [0.15, 0.2) is 0 Å². The van der Waals surface area contributed by atoms with Crippen LogP contribution in [0.5, 0.6) is 5.75 Å². The van der Waals surface area contributed by atoms with Gasteiger partial charge in [0.2, 0.25) is 5.91 Å². The van der Waals surface area contributed by atoms with Crippen LogP contribution in [0.4, 0.5) is 5.69 Å². The molecule has 0 aliphatic heterocycles. The SMILES string of the molecule is CC(=O)NCCSc1ccc(N)cc1O. The number of aromatic hydroxyl groups is 1. The number of hydrogen-bond donors (Lipinski definition) is 3. The summed E-state index contributed by atoms with van der Waals surface area (Å²) >= 11 is 1.48. The number of amides is 1. The number of nitrogen functional groups attached to an aromatic ring is 1. The molecule has 0 spiro atoms. The number of benzene rings is 1.